The predicted molar refractivity (Wildman–Crippen MR) is 66.1 cm³/mol. The lowest BCUT2D eigenvalue weighted by atomic mass is 10.1. The SMILES string of the molecule is C=C(C)c1ccc(OCC(C)CC)cc1. The van der Waals surface area contributed by atoms with Crippen molar-refractivity contribution in [2.45, 2.75) is 27.2 Å². The van der Waals surface area contributed by atoms with Gasteiger partial charge < -0.3 is 4.74 Å². The highest BCUT2D eigenvalue weighted by Gasteiger charge is 2.00. The van der Waals surface area contributed by atoms with Gasteiger partial charge in [0.15, 0.2) is 0 Å². The van der Waals surface area contributed by atoms with Crippen molar-refractivity contribution >= 4 is 5.57 Å². The lowest BCUT2D eigenvalue weighted by molar-refractivity contribution is 0.256. The Labute approximate surface area is 92.8 Å². The first-order valence-corrected chi connectivity index (χ1v) is 5.52. The molecular weight excluding hydrogens is 184 g/mol. The van der Waals surface area contributed by atoms with E-state index in [2.05, 4.69) is 20.4 Å². The van der Waals surface area contributed by atoms with Gasteiger partial charge in [-0.25, -0.2) is 0 Å². The lowest BCUT2D eigenvalue weighted by Crippen LogP contribution is -2.07. The molecule has 0 bridgehead atoms. The summed E-state index contributed by atoms with van der Waals surface area (Å²) in [6, 6.07) is 8.11. The van der Waals surface area contributed by atoms with Crippen molar-refractivity contribution in [3.05, 3.63) is 36.4 Å². The highest BCUT2D eigenvalue weighted by molar-refractivity contribution is 5.61. The van der Waals surface area contributed by atoms with Crippen molar-refractivity contribution in [3.63, 3.8) is 0 Å². The Kier molecular flexibility index (Phi) is 4.41. The highest BCUT2D eigenvalue weighted by atomic mass is 16.5. The molecule has 1 nitrogen and oxygen atoms in total. The Hall–Kier alpha value is -1.24. The molecule has 0 N–H and O–H groups in total. The molecule has 0 saturated carbocycles. The second-order valence-corrected chi connectivity index (χ2v) is 4.13. The lowest BCUT2D eigenvalue weighted by Gasteiger charge is -2.11. The molecule has 1 atom stereocenters. The molecule has 0 aliphatic rings. The number of ether oxygens (including phenoxy) is 1. The van der Waals surface area contributed by atoms with Gasteiger partial charge in [0.2, 0.25) is 0 Å². The summed E-state index contributed by atoms with van der Waals surface area (Å²) in [7, 11) is 0. The zero-order valence-electron chi connectivity index (χ0n) is 9.92. The summed E-state index contributed by atoms with van der Waals surface area (Å²) in [5.74, 6) is 1.56. The van der Waals surface area contributed by atoms with Gasteiger partial charge in [0.25, 0.3) is 0 Å². The minimum absolute atomic E-state index is 0.616. The summed E-state index contributed by atoms with van der Waals surface area (Å²) in [4.78, 5) is 0. The third kappa shape index (κ3) is 3.78. The Balaban J connectivity index is 2.53. The maximum Gasteiger partial charge on any atom is 0.119 e. The number of hydrogen-bond acceptors (Lipinski definition) is 1. The van der Waals surface area contributed by atoms with Crippen LogP contribution in [0.1, 0.15) is 32.8 Å². The maximum atomic E-state index is 5.66. The van der Waals surface area contributed by atoms with E-state index in [-0.39, 0.29) is 0 Å². The van der Waals surface area contributed by atoms with E-state index in [0.717, 1.165) is 24.4 Å². The Morgan fingerprint density at radius 1 is 1.33 bits per heavy atom. The van der Waals surface area contributed by atoms with Crippen LogP contribution in [0.2, 0.25) is 0 Å². The van der Waals surface area contributed by atoms with Crippen molar-refractivity contribution < 1.29 is 4.74 Å². The number of hydrogen-bond donors (Lipinski definition) is 0. The van der Waals surface area contributed by atoms with E-state index in [9.17, 15) is 0 Å². The summed E-state index contributed by atoms with van der Waals surface area (Å²) in [6.45, 7) is 11.1. The van der Waals surface area contributed by atoms with Gasteiger partial charge in [-0.2, -0.15) is 0 Å². The molecule has 82 valence electrons. The molecule has 0 amide bonds. The summed E-state index contributed by atoms with van der Waals surface area (Å²) < 4.78 is 5.66. The fourth-order valence-electron chi connectivity index (χ4n) is 1.19. The van der Waals surface area contributed by atoms with Crippen molar-refractivity contribution in [1.82, 2.24) is 0 Å². The first kappa shape index (κ1) is 11.8. The van der Waals surface area contributed by atoms with Gasteiger partial charge in [-0.1, -0.05) is 44.6 Å². The van der Waals surface area contributed by atoms with Crippen LogP contribution in [0.4, 0.5) is 0 Å². The van der Waals surface area contributed by atoms with Crippen LogP contribution in [0.15, 0.2) is 30.8 Å². The molecule has 1 rings (SSSR count). The van der Waals surface area contributed by atoms with Crippen LogP contribution in [-0.2, 0) is 0 Å². The number of allylic oxidation sites excluding steroid dienone is 1. The largest absolute Gasteiger partial charge is 0.493 e. The maximum absolute atomic E-state index is 5.66. The molecule has 0 aromatic heterocycles. The molecule has 1 aromatic rings. The Bertz CT molecular complexity index is 311. The summed E-state index contributed by atoms with van der Waals surface area (Å²) in [5, 5.41) is 0. The molecule has 0 aliphatic carbocycles. The van der Waals surface area contributed by atoms with E-state index in [4.69, 9.17) is 4.74 Å². The zero-order chi connectivity index (χ0) is 11.3. The number of benzene rings is 1. The third-order valence-corrected chi connectivity index (χ3v) is 2.58. The van der Waals surface area contributed by atoms with Crippen LogP contribution in [0.25, 0.3) is 5.57 Å². The molecule has 0 fully saturated rings. The van der Waals surface area contributed by atoms with Crippen molar-refractivity contribution in [2.75, 3.05) is 6.61 Å². The first-order chi connectivity index (χ1) is 7.13. The molecule has 1 aromatic carbocycles. The van der Waals surface area contributed by atoms with Crippen molar-refractivity contribution in [1.29, 1.82) is 0 Å². The minimum atomic E-state index is 0.616. The Morgan fingerprint density at radius 3 is 2.40 bits per heavy atom. The average molecular weight is 204 g/mol. The molecule has 15 heavy (non-hydrogen) atoms. The molecule has 0 saturated heterocycles. The Morgan fingerprint density at radius 2 is 1.93 bits per heavy atom. The topological polar surface area (TPSA) is 9.23 Å². The molecule has 0 radical (unpaired) electrons. The number of rotatable bonds is 5. The van der Waals surface area contributed by atoms with Gasteiger partial charge in [0, 0.05) is 0 Å². The monoisotopic (exact) mass is 204 g/mol. The van der Waals surface area contributed by atoms with E-state index in [0.29, 0.717) is 5.92 Å². The van der Waals surface area contributed by atoms with Crippen LogP contribution in [0.3, 0.4) is 0 Å². The van der Waals surface area contributed by atoms with Gasteiger partial charge in [0.05, 0.1) is 6.61 Å². The predicted octanol–water partition coefficient (Wildman–Crippen LogP) is 4.14. The standard InChI is InChI=1S/C14H20O/c1-5-12(4)10-15-14-8-6-13(7-9-14)11(2)3/h6-9,12H,2,5,10H2,1,3-4H3. The quantitative estimate of drug-likeness (QED) is 0.700. The fourth-order valence-corrected chi connectivity index (χ4v) is 1.19. The fraction of sp³-hybridized carbons (Fsp3) is 0.429. The molecule has 0 aliphatic heterocycles. The minimum Gasteiger partial charge on any atom is -0.493 e. The van der Waals surface area contributed by atoms with Crippen molar-refractivity contribution in [2.24, 2.45) is 5.92 Å². The molecule has 0 heterocycles. The van der Waals surface area contributed by atoms with Gasteiger partial charge in [-0.05, 0) is 30.5 Å². The van der Waals surface area contributed by atoms with Crippen LogP contribution < -0.4 is 4.74 Å². The smallest absolute Gasteiger partial charge is 0.119 e. The van der Waals surface area contributed by atoms with Gasteiger partial charge in [-0.15, -0.1) is 0 Å². The molecule has 1 heteroatoms. The third-order valence-electron chi connectivity index (χ3n) is 2.58. The van der Waals surface area contributed by atoms with Crippen LogP contribution in [-0.4, -0.2) is 6.61 Å². The summed E-state index contributed by atoms with van der Waals surface area (Å²) in [5.41, 5.74) is 2.26. The van der Waals surface area contributed by atoms with E-state index in [1.54, 1.807) is 0 Å². The van der Waals surface area contributed by atoms with E-state index in [1.165, 1.54) is 5.56 Å². The first-order valence-electron chi connectivity index (χ1n) is 5.52. The average Bonchev–Trinajstić information content (AvgIpc) is 2.26. The van der Waals surface area contributed by atoms with Gasteiger partial charge in [-0.3, -0.25) is 0 Å². The van der Waals surface area contributed by atoms with E-state index < -0.39 is 0 Å². The van der Waals surface area contributed by atoms with E-state index in [1.807, 2.05) is 31.2 Å². The normalized spacial score (nSPS) is 12.2. The second kappa shape index (κ2) is 5.59. The zero-order valence-corrected chi connectivity index (χ0v) is 9.92. The van der Waals surface area contributed by atoms with Crippen LogP contribution in [0.5, 0.6) is 5.75 Å². The van der Waals surface area contributed by atoms with Crippen LogP contribution >= 0.6 is 0 Å². The molecular formula is C14H20O. The molecule has 1 unspecified atom stereocenters. The molecule has 0 spiro atoms. The van der Waals surface area contributed by atoms with Gasteiger partial charge in [0.1, 0.15) is 5.75 Å². The second-order valence-electron chi connectivity index (χ2n) is 4.13. The van der Waals surface area contributed by atoms with E-state index >= 15 is 0 Å². The summed E-state index contributed by atoms with van der Waals surface area (Å²) in [6.07, 6.45) is 1.16. The highest BCUT2D eigenvalue weighted by Crippen LogP contribution is 2.17. The van der Waals surface area contributed by atoms with Gasteiger partial charge >= 0.3 is 0 Å². The van der Waals surface area contributed by atoms with Crippen molar-refractivity contribution in [3.8, 4) is 5.75 Å². The van der Waals surface area contributed by atoms with Crippen LogP contribution in [0, 0.1) is 5.92 Å². The summed E-state index contributed by atoms with van der Waals surface area (Å²) >= 11 is 0.